The average molecular weight is 419 g/mol. The highest BCUT2D eigenvalue weighted by Gasteiger charge is 2.30. The second kappa shape index (κ2) is 9.65. The Hall–Kier alpha value is -2.02. The maximum atomic E-state index is 12.5. The third-order valence-corrected chi connectivity index (χ3v) is 7.11. The Balaban J connectivity index is 1.49. The monoisotopic (exact) mass is 418 g/mol. The predicted molar refractivity (Wildman–Crippen MR) is 114 cm³/mol. The lowest BCUT2D eigenvalue weighted by Crippen LogP contribution is -2.47. The van der Waals surface area contributed by atoms with Gasteiger partial charge >= 0.3 is 5.97 Å². The summed E-state index contributed by atoms with van der Waals surface area (Å²) in [5.74, 6) is 0.616. The number of benzene rings is 1. The molecule has 4 atom stereocenters. The highest BCUT2D eigenvalue weighted by molar-refractivity contribution is 8.00. The van der Waals surface area contributed by atoms with Crippen molar-refractivity contribution in [1.29, 1.82) is 0 Å². The van der Waals surface area contributed by atoms with Crippen molar-refractivity contribution in [2.24, 2.45) is 11.8 Å². The summed E-state index contributed by atoms with van der Waals surface area (Å²) >= 11 is 1.51. The van der Waals surface area contributed by atoms with Crippen molar-refractivity contribution in [3.8, 4) is 0 Å². The summed E-state index contributed by atoms with van der Waals surface area (Å²) in [7, 11) is 0. The summed E-state index contributed by atoms with van der Waals surface area (Å²) in [5.41, 5.74) is 0.827. The Labute approximate surface area is 176 Å². The quantitative estimate of drug-likeness (QED) is 0.717. The fourth-order valence-corrected chi connectivity index (χ4v) is 4.93. The van der Waals surface area contributed by atoms with Gasteiger partial charge in [-0.05, 0) is 37.3 Å². The number of ether oxygens (including phenoxy) is 1. The lowest BCUT2D eigenvalue weighted by Gasteiger charge is -2.35. The van der Waals surface area contributed by atoms with Gasteiger partial charge in [0.1, 0.15) is 0 Å². The molecular formula is C22H30N2O4S. The molecule has 6 nitrogen and oxygen atoms in total. The molecule has 1 aliphatic heterocycles. The Bertz CT molecular complexity index is 769. The zero-order chi connectivity index (χ0) is 21.0. The molecule has 0 unspecified atom stereocenters. The van der Waals surface area contributed by atoms with Crippen LogP contribution < -0.4 is 10.2 Å². The van der Waals surface area contributed by atoms with Crippen LogP contribution in [0.3, 0.4) is 0 Å². The summed E-state index contributed by atoms with van der Waals surface area (Å²) in [6.07, 6.45) is 2.47. The first-order chi connectivity index (χ1) is 13.9. The predicted octanol–water partition coefficient (Wildman–Crippen LogP) is 3.39. The number of carbonyl (C=O) groups excluding carboxylic acids is 3. The number of fused-ring (bicyclic) bond motifs is 1. The van der Waals surface area contributed by atoms with Crippen LogP contribution in [-0.2, 0) is 19.1 Å². The molecule has 2 aliphatic rings. The van der Waals surface area contributed by atoms with Gasteiger partial charge in [0.05, 0.1) is 17.9 Å². The average Bonchev–Trinajstić information content (AvgIpc) is 2.70. The van der Waals surface area contributed by atoms with Gasteiger partial charge in [-0.3, -0.25) is 14.4 Å². The smallest absolute Gasteiger partial charge is 0.308 e. The molecule has 1 fully saturated rings. The molecule has 1 N–H and O–H groups in total. The van der Waals surface area contributed by atoms with E-state index in [1.807, 2.05) is 24.3 Å². The van der Waals surface area contributed by atoms with Crippen LogP contribution in [-0.4, -0.2) is 42.2 Å². The van der Waals surface area contributed by atoms with Gasteiger partial charge in [0.25, 0.3) is 5.91 Å². The molecule has 2 amide bonds. The first-order valence-corrected chi connectivity index (χ1v) is 11.4. The molecule has 0 spiro atoms. The topological polar surface area (TPSA) is 75.7 Å². The molecule has 0 saturated heterocycles. The van der Waals surface area contributed by atoms with Gasteiger partial charge in [0, 0.05) is 17.5 Å². The lowest BCUT2D eigenvalue weighted by atomic mass is 9.78. The summed E-state index contributed by atoms with van der Waals surface area (Å²) < 4.78 is 5.34. The van der Waals surface area contributed by atoms with E-state index in [9.17, 15) is 14.4 Å². The third kappa shape index (κ3) is 5.32. The Kier molecular flexibility index (Phi) is 7.22. The van der Waals surface area contributed by atoms with Crippen molar-refractivity contribution in [2.45, 2.75) is 63.5 Å². The molecular weight excluding hydrogens is 388 g/mol. The van der Waals surface area contributed by atoms with E-state index in [0.29, 0.717) is 17.6 Å². The summed E-state index contributed by atoms with van der Waals surface area (Å²) in [5, 5.41) is 3.05. The van der Waals surface area contributed by atoms with Gasteiger partial charge in [0.15, 0.2) is 6.10 Å². The van der Waals surface area contributed by atoms with Crippen LogP contribution in [0, 0.1) is 11.8 Å². The van der Waals surface area contributed by atoms with Gasteiger partial charge in [-0.1, -0.05) is 38.8 Å². The van der Waals surface area contributed by atoms with Crippen LogP contribution in [0.4, 0.5) is 5.69 Å². The van der Waals surface area contributed by atoms with E-state index < -0.39 is 12.1 Å². The molecule has 0 radical (unpaired) electrons. The molecule has 158 valence electrons. The third-order valence-electron chi connectivity index (χ3n) is 6.06. The molecule has 29 heavy (non-hydrogen) atoms. The fourth-order valence-electron chi connectivity index (χ4n) is 4.00. The van der Waals surface area contributed by atoms with Crippen LogP contribution in [0.5, 0.6) is 0 Å². The minimum Gasteiger partial charge on any atom is -0.452 e. The van der Waals surface area contributed by atoms with Gasteiger partial charge in [-0.15, -0.1) is 11.8 Å². The van der Waals surface area contributed by atoms with E-state index in [1.165, 1.54) is 18.2 Å². The molecule has 1 aromatic carbocycles. The van der Waals surface area contributed by atoms with Gasteiger partial charge in [-0.2, -0.15) is 0 Å². The molecule has 7 heteroatoms. The van der Waals surface area contributed by atoms with Crippen LogP contribution in [0.1, 0.15) is 46.5 Å². The molecule has 0 bridgehead atoms. The highest BCUT2D eigenvalue weighted by atomic mass is 32.2. The van der Waals surface area contributed by atoms with Crippen molar-refractivity contribution in [3.63, 3.8) is 0 Å². The number of amides is 2. The number of thioether (sulfide) groups is 1. The van der Waals surface area contributed by atoms with Crippen LogP contribution in [0.25, 0.3) is 0 Å². The molecule has 1 aliphatic carbocycles. The minimum atomic E-state index is -0.841. The van der Waals surface area contributed by atoms with E-state index in [4.69, 9.17) is 4.74 Å². The molecule has 1 heterocycles. The first-order valence-electron chi connectivity index (χ1n) is 10.4. The molecule has 3 rings (SSSR count). The number of hydrogen-bond donors (Lipinski definition) is 1. The van der Waals surface area contributed by atoms with Gasteiger partial charge < -0.3 is 15.0 Å². The largest absolute Gasteiger partial charge is 0.452 e. The van der Waals surface area contributed by atoms with Crippen molar-refractivity contribution in [2.75, 3.05) is 17.2 Å². The van der Waals surface area contributed by atoms with Crippen molar-refractivity contribution in [1.82, 2.24) is 5.32 Å². The van der Waals surface area contributed by atoms with Crippen molar-refractivity contribution in [3.05, 3.63) is 24.3 Å². The normalized spacial score (nSPS) is 25.1. The molecule has 0 aromatic heterocycles. The number of hydrogen-bond acceptors (Lipinski definition) is 5. The molecule has 1 aromatic rings. The SMILES string of the molecule is C[C@H]1[C@@H](NC(=O)[C@@H](C)OC(=O)CCN2C(=O)CSc3ccccc32)CCC[C@@H]1C. The van der Waals surface area contributed by atoms with E-state index >= 15 is 0 Å². The number of anilines is 1. The minimum absolute atomic E-state index is 0.0207. The number of nitrogens with zero attached hydrogens (tertiary/aromatic N) is 1. The van der Waals surface area contributed by atoms with E-state index in [1.54, 1.807) is 11.8 Å². The number of para-hydroxylation sites is 1. The van der Waals surface area contributed by atoms with Gasteiger partial charge in [0.2, 0.25) is 5.91 Å². The van der Waals surface area contributed by atoms with Gasteiger partial charge in [-0.25, -0.2) is 0 Å². The Morgan fingerprint density at radius 3 is 2.83 bits per heavy atom. The first kappa shape index (κ1) is 21.7. The summed E-state index contributed by atoms with van der Waals surface area (Å²) in [4.78, 5) is 39.7. The van der Waals surface area contributed by atoms with Crippen molar-refractivity contribution >= 4 is 35.2 Å². The summed E-state index contributed by atoms with van der Waals surface area (Å²) in [6, 6.07) is 7.79. The number of rotatable bonds is 6. The number of esters is 1. The highest BCUT2D eigenvalue weighted by Crippen LogP contribution is 2.35. The maximum Gasteiger partial charge on any atom is 0.308 e. The van der Waals surface area contributed by atoms with E-state index in [-0.39, 0.29) is 30.8 Å². The maximum absolute atomic E-state index is 12.5. The van der Waals surface area contributed by atoms with Crippen LogP contribution in [0.2, 0.25) is 0 Å². The summed E-state index contributed by atoms with van der Waals surface area (Å²) in [6.45, 7) is 6.23. The van der Waals surface area contributed by atoms with Crippen molar-refractivity contribution < 1.29 is 19.1 Å². The Morgan fingerprint density at radius 1 is 1.28 bits per heavy atom. The zero-order valence-electron chi connectivity index (χ0n) is 17.3. The fraction of sp³-hybridized carbons (Fsp3) is 0.591. The second-order valence-electron chi connectivity index (χ2n) is 8.07. The standard InChI is InChI=1S/C22H30N2O4S/c1-14-7-6-8-17(15(14)2)23-22(27)16(3)28-21(26)11-12-24-18-9-4-5-10-19(18)29-13-20(24)25/h4-5,9-10,14-17H,6-8,11-13H2,1-3H3,(H,23,27)/t14-,15+,16+,17-/m0/s1. The van der Waals surface area contributed by atoms with Crippen LogP contribution >= 0.6 is 11.8 Å². The second-order valence-corrected chi connectivity index (χ2v) is 9.08. The lowest BCUT2D eigenvalue weighted by molar-refractivity contribution is -0.155. The van der Waals surface area contributed by atoms with Crippen LogP contribution in [0.15, 0.2) is 29.2 Å². The molecule has 1 saturated carbocycles. The van der Waals surface area contributed by atoms with E-state index in [0.717, 1.165) is 23.4 Å². The van der Waals surface area contributed by atoms with E-state index in [2.05, 4.69) is 19.2 Å². The number of nitrogens with one attached hydrogen (secondary N) is 1. The number of carbonyl (C=O) groups is 3. The Morgan fingerprint density at radius 2 is 2.03 bits per heavy atom. The zero-order valence-corrected chi connectivity index (χ0v) is 18.2.